The van der Waals surface area contributed by atoms with E-state index in [9.17, 15) is 13.2 Å². The number of carbonyl (C=O) groups excluding carboxylic acids is 1. The number of anilines is 1. The molecule has 2 N–H and O–H groups in total. The van der Waals surface area contributed by atoms with Crippen LogP contribution in [0.5, 0.6) is 0 Å². The zero-order chi connectivity index (χ0) is 15.5. The molecule has 2 rings (SSSR count). The minimum absolute atomic E-state index is 0.00982. The van der Waals surface area contributed by atoms with Gasteiger partial charge in [0.25, 0.3) is 0 Å². The molecule has 0 aromatic heterocycles. The highest BCUT2D eigenvalue weighted by molar-refractivity contribution is 9.09. The fourth-order valence-corrected chi connectivity index (χ4v) is 4.68. The molecule has 1 fully saturated rings. The van der Waals surface area contributed by atoms with Crippen molar-refractivity contribution in [3.05, 3.63) is 24.3 Å². The van der Waals surface area contributed by atoms with Gasteiger partial charge in [-0.15, -0.1) is 0 Å². The topological polar surface area (TPSA) is 75.3 Å². The second kappa shape index (κ2) is 6.89. The summed E-state index contributed by atoms with van der Waals surface area (Å²) in [7, 11) is -3.52. The maximum atomic E-state index is 12.4. The molecule has 2 atom stereocenters. The second-order valence-electron chi connectivity index (χ2n) is 5.28. The highest BCUT2D eigenvalue weighted by Crippen LogP contribution is 2.28. The van der Waals surface area contributed by atoms with Gasteiger partial charge in [-0.25, -0.2) is 13.1 Å². The van der Waals surface area contributed by atoms with Crippen LogP contribution in [0.3, 0.4) is 0 Å². The van der Waals surface area contributed by atoms with Crippen LogP contribution in [0.15, 0.2) is 29.2 Å². The number of benzene rings is 1. The van der Waals surface area contributed by atoms with Crippen molar-refractivity contribution in [3.63, 3.8) is 0 Å². The lowest BCUT2D eigenvalue weighted by molar-refractivity contribution is -0.114. The molecule has 1 saturated carbocycles. The lowest BCUT2D eigenvalue weighted by atomic mass is 10.1. The second-order valence-corrected chi connectivity index (χ2v) is 7.64. The van der Waals surface area contributed by atoms with Gasteiger partial charge >= 0.3 is 0 Å². The number of nitrogens with one attached hydrogen (secondary N) is 2. The molecule has 0 bridgehead atoms. The SMILES string of the molecule is CC(=O)Nc1ccc(S(=O)(=O)NC2CCCC2CBr)cc1. The number of halogens is 1. The van der Waals surface area contributed by atoms with E-state index in [1.54, 1.807) is 12.1 Å². The molecule has 0 saturated heterocycles. The Kier molecular flexibility index (Phi) is 5.40. The number of amides is 1. The molecule has 1 aromatic carbocycles. The summed E-state index contributed by atoms with van der Waals surface area (Å²) in [5.41, 5.74) is 0.584. The standard InChI is InChI=1S/C14H19BrN2O3S/c1-10(18)16-12-5-7-13(8-6-12)21(19,20)17-14-4-2-3-11(14)9-15/h5-8,11,14,17H,2-4,9H2,1H3,(H,16,18). The summed E-state index contributed by atoms with van der Waals surface area (Å²) in [6.07, 6.45) is 2.96. The quantitative estimate of drug-likeness (QED) is 0.777. The number of hydrogen-bond acceptors (Lipinski definition) is 3. The van der Waals surface area contributed by atoms with Crippen LogP contribution in [0.4, 0.5) is 5.69 Å². The van der Waals surface area contributed by atoms with E-state index in [1.165, 1.54) is 19.1 Å². The molecule has 1 amide bonds. The van der Waals surface area contributed by atoms with E-state index in [1.807, 2.05) is 0 Å². The van der Waals surface area contributed by atoms with E-state index < -0.39 is 10.0 Å². The van der Waals surface area contributed by atoms with Crippen LogP contribution in [0.25, 0.3) is 0 Å². The van der Waals surface area contributed by atoms with E-state index in [0.29, 0.717) is 11.6 Å². The van der Waals surface area contributed by atoms with Gasteiger partial charge in [0.2, 0.25) is 15.9 Å². The van der Waals surface area contributed by atoms with Crippen LogP contribution in [0.2, 0.25) is 0 Å². The molecule has 1 aromatic rings. The maximum absolute atomic E-state index is 12.4. The Bertz CT molecular complexity index is 601. The van der Waals surface area contributed by atoms with Crippen LogP contribution in [-0.4, -0.2) is 25.7 Å². The molecule has 1 aliphatic rings. The van der Waals surface area contributed by atoms with Crippen molar-refractivity contribution in [1.82, 2.24) is 4.72 Å². The van der Waals surface area contributed by atoms with Crippen molar-refractivity contribution >= 4 is 37.5 Å². The van der Waals surface area contributed by atoms with Crippen LogP contribution in [0, 0.1) is 5.92 Å². The summed E-state index contributed by atoms with van der Waals surface area (Å²) in [6, 6.07) is 6.18. The smallest absolute Gasteiger partial charge is 0.240 e. The van der Waals surface area contributed by atoms with Gasteiger partial charge in [0.05, 0.1) is 4.90 Å². The third kappa shape index (κ3) is 4.28. The maximum Gasteiger partial charge on any atom is 0.240 e. The van der Waals surface area contributed by atoms with Crippen LogP contribution < -0.4 is 10.0 Å². The highest BCUT2D eigenvalue weighted by Gasteiger charge is 2.30. The Morgan fingerprint density at radius 1 is 1.29 bits per heavy atom. The number of sulfonamides is 1. The summed E-state index contributed by atoms with van der Waals surface area (Å²) in [4.78, 5) is 11.2. The number of alkyl halides is 1. The first-order chi connectivity index (χ1) is 9.92. The van der Waals surface area contributed by atoms with Crippen molar-refractivity contribution in [2.75, 3.05) is 10.6 Å². The Hall–Kier alpha value is -0.920. The number of carbonyl (C=O) groups is 1. The Labute approximate surface area is 133 Å². The van der Waals surface area contributed by atoms with E-state index in [2.05, 4.69) is 26.0 Å². The zero-order valence-electron chi connectivity index (χ0n) is 11.8. The minimum atomic E-state index is -3.52. The lowest BCUT2D eigenvalue weighted by Gasteiger charge is -2.19. The summed E-state index contributed by atoms with van der Waals surface area (Å²) >= 11 is 3.44. The van der Waals surface area contributed by atoms with E-state index in [4.69, 9.17) is 0 Å². The molecule has 5 nitrogen and oxygen atoms in total. The first kappa shape index (κ1) is 16.5. The summed E-state index contributed by atoms with van der Waals surface area (Å²) in [5, 5.41) is 3.42. The molecule has 7 heteroatoms. The Morgan fingerprint density at radius 3 is 2.52 bits per heavy atom. The van der Waals surface area contributed by atoms with Gasteiger partial charge in [-0.3, -0.25) is 4.79 Å². The van der Waals surface area contributed by atoms with Crippen LogP contribution in [0.1, 0.15) is 26.2 Å². The average Bonchev–Trinajstić information content (AvgIpc) is 2.85. The zero-order valence-corrected chi connectivity index (χ0v) is 14.2. The summed E-state index contributed by atoms with van der Waals surface area (Å²) in [5.74, 6) is 0.160. The molecule has 1 aliphatic carbocycles. The van der Waals surface area contributed by atoms with Gasteiger partial charge in [-0.2, -0.15) is 0 Å². The van der Waals surface area contributed by atoms with Crippen molar-refractivity contribution in [1.29, 1.82) is 0 Å². The summed E-state index contributed by atoms with van der Waals surface area (Å²) in [6.45, 7) is 1.41. The van der Waals surface area contributed by atoms with Gasteiger partial charge in [0.15, 0.2) is 0 Å². The van der Waals surface area contributed by atoms with Crippen molar-refractivity contribution in [2.24, 2.45) is 5.92 Å². The van der Waals surface area contributed by atoms with Crippen molar-refractivity contribution in [2.45, 2.75) is 37.1 Å². The predicted octanol–water partition coefficient (Wildman–Crippen LogP) is 2.49. The van der Waals surface area contributed by atoms with Crippen LogP contribution in [-0.2, 0) is 14.8 Å². The van der Waals surface area contributed by atoms with Crippen molar-refractivity contribution < 1.29 is 13.2 Å². The van der Waals surface area contributed by atoms with Gasteiger partial charge in [0, 0.05) is 24.0 Å². The molecule has 0 heterocycles. The first-order valence-corrected chi connectivity index (χ1v) is 9.49. The fraction of sp³-hybridized carbons (Fsp3) is 0.500. The Balaban J connectivity index is 2.10. The molecule has 0 radical (unpaired) electrons. The first-order valence-electron chi connectivity index (χ1n) is 6.88. The number of hydrogen-bond donors (Lipinski definition) is 2. The lowest BCUT2D eigenvalue weighted by Crippen LogP contribution is -2.37. The van der Waals surface area contributed by atoms with E-state index >= 15 is 0 Å². The molecule has 116 valence electrons. The van der Waals surface area contributed by atoms with Gasteiger partial charge in [0.1, 0.15) is 0 Å². The number of rotatable bonds is 5. The normalized spacial score (nSPS) is 22.2. The summed E-state index contributed by atoms with van der Waals surface area (Å²) < 4.78 is 27.5. The van der Waals surface area contributed by atoms with E-state index in [0.717, 1.165) is 24.6 Å². The highest BCUT2D eigenvalue weighted by atomic mass is 79.9. The van der Waals surface area contributed by atoms with Crippen LogP contribution >= 0.6 is 15.9 Å². The average molecular weight is 375 g/mol. The molecular weight excluding hydrogens is 356 g/mol. The Morgan fingerprint density at radius 2 is 1.95 bits per heavy atom. The molecule has 2 unspecified atom stereocenters. The molecule has 0 spiro atoms. The third-order valence-electron chi connectivity index (χ3n) is 3.65. The van der Waals surface area contributed by atoms with Gasteiger partial charge in [-0.1, -0.05) is 22.4 Å². The predicted molar refractivity (Wildman–Crippen MR) is 86.0 cm³/mol. The minimum Gasteiger partial charge on any atom is -0.326 e. The largest absolute Gasteiger partial charge is 0.326 e. The molecule has 0 aliphatic heterocycles. The molecule has 21 heavy (non-hydrogen) atoms. The third-order valence-corrected chi connectivity index (χ3v) is 5.99. The molecular formula is C14H19BrN2O3S. The van der Waals surface area contributed by atoms with Crippen molar-refractivity contribution in [3.8, 4) is 0 Å². The fourth-order valence-electron chi connectivity index (χ4n) is 2.56. The van der Waals surface area contributed by atoms with Gasteiger partial charge < -0.3 is 5.32 Å². The van der Waals surface area contributed by atoms with Gasteiger partial charge in [-0.05, 0) is 43.0 Å². The monoisotopic (exact) mass is 374 g/mol. The van der Waals surface area contributed by atoms with E-state index in [-0.39, 0.29) is 16.8 Å².